The molecule has 2 aromatic rings. The van der Waals surface area contributed by atoms with E-state index in [0.29, 0.717) is 18.1 Å². The first kappa shape index (κ1) is 24.6. The summed E-state index contributed by atoms with van der Waals surface area (Å²) >= 11 is 1.22. The van der Waals surface area contributed by atoms with Crippen molar-refractivity contribution >= 4 is 37.7 Å². The summed E-state index contributed by atoms with van der Waals surface area (Å²) in [6.45, 7) is 1.20. The molecule has 9 nitrogen and oxygen atoms in total. The van der Waals surface area contributed by atoms with E-state index in [9.17, 15) is 21.6 Å². The van der Waals surface area contributed by atoms with Gasteiger partial charge in [-0.15, -0.1) is 0 Å². The molecule has 0 saturated carbocycles. The van der Waals surface area contributed by atoms with Crippen molar-refractivity contribution in [3.05, 3.63) is 54.2 Å². The number of pyridine rings is 1. The average Bonchev–Trinajstić information content (AvgIpc) is 2.78. The number of hydrogen-bond acceptors (Lipinski definition) is 7. The number of nitrogens with zero attached hydrogens (tertiary/aromatic N) is 4. The van der Waals surface area contributed by atoms with Crippen molar-refractivity contribution < 1.29 is 21.6 Å². The molecule has 1 fully saturated rings. The third-order valence-electron chi connectivity index (χ3n) is 5.01. The molecule has 1 aliphatic heterocycles. The topological polar surface area (TPSA) is 108 Å². The maximum atomic E-state index is 12.6. The molecule has 1 aliphatic rings. The van der Waals surface area contributed by atoms with E-state index in [0.717, 1.165) is 9.87 Å². The van der Waals surface area contributed by atoms with Gasteiger partial charge in [0.15, 0.2) is 0 Å². The molecule has 32 heavy (non-hydrogen) atoms. The highest BCUT2D eigenvalue weighted by Gasteiger charge is 2.29. The van der Waals surface area contributed by atoms with Gasteiger partial charge in [-0.25, -0.2) is 26.1 Å². The fourth-order valence-electron chi connectivity index (χ4n) is 3.13. The molecular weight excluding hydrogens is 472 g/mol. The zero-order valence-electron chi connectivity index (χ0n) is 17.9. The van der Waals surface area contributed by atoms with E-state index in [1.807, 2.05) is 18.2 Å². The molecule has 2 heterocycles. The minimum absolute atomic E-state index is 0.0527. The summed E-state index contributed by atoms with van der Waals surface area (Å²) in [5.41, 5.74) is 0.735. The summed E-state index contributed by atoms with van der Waals surface area (Å²) in [7, 11) is -4.09. The lowest BCUT2D eigenvalue weighted by atomic mass is 10.2. The molecule has 0 aliphatic carbocycles. The van der Waals surface area contributed by atoms with Crippen molar-refractivity contribution in [2.45, 2.75) is 15.7 Å². The summed E-state index contributed by atoms with van der Waals surface area (Å²) in [4.78, 5) is 18.4. The quantitative estimate of drug-likeness (QED) is 0.502. The van der Waals surface area contributed by atoms with Crippen LogP contribution < -0.4 is 0 Å². The maximum absolute atomic E-state index is 12.6. The molecule has 0 spiro atoms. The molecule has 1 saturated heterocycles. The first-order valence-electron chi connectivity index (χ1n) is 9.90. The molecule has 12 heteroatoms. The number of carbonyl (C=O) groups excluding carboxylic acids is 1. The fourth-order valence-corrected chi connectivity index (χ4v) is 6.24. The van der Waals surface area contributed by atoms with Crippen LogP contribution in [-0.2, 0) is 30.6 Å². The lowest BCUT2D eigenvalue weighted by Gasteiger charge is -2.34. The summed E-state index contributed by atoms with van der Waals surface area (Å²) in [6.07, 6.45) is 1.28. The number of carbonyl (C=O) groups is 1. The maximum Gasteiger partial charge on any atom is 0.244 e. The van der Waals surface area contributed by atoms with E-state index >= 15 is 0 Å². The van der Waals surface area contributed by atoms with E-state index in [2.05, 4.69) is 4.98 Å². The van der Waals surface area contributed by atoms with Crippen LogP contribution in [-0.4, -0.2) is 87.3 Å². The van der Waals surface area contributed by atoms with Gasteiger partial charge in [0.05, 0.1) is 16.5 Å². The Bertz CT molecular complexity index is 1130. The first-order valence-corrected chi connectivity index (χ1v) is 13.9. The van der Waals surface area contributed by atoms with Crippen LogP contribution in [0.15, 0.2) is 58.6 Å². The zero-order valence-corrected chi connectivity index (χ0v) is 20.4. The van der Waals surface area contributed by atoms with Gasteiger partial charge in [0, 0.05) is 46.5 Å². The van der Waals surface area contributed by atoms with Crippen molar-refractivity contribution in [2.24, 2.45) is 0 Å². The highest BCUT2D eigenvalue weighted by molar-refractivity contribution is 7.99. The highest BCUT2D eigenvalue weighted by atomic mass is 32.2. The predicted octanol–water partition coefficient (Wildman–Crippen LogP) is 1.10. The minimum atomic E-state index is -3.55. The number of amides is 1. The second-order valence-corrected chi connectivity index (χ2v) is 12.5. The fraction of sp³-hybridized carbons (Fsp3) is 0.400. The first-order chi connectivity index (χ1) is 15.1. The predicted molar refractivity (Wildman–Crippen MR) is 123 cm³/mol. The minimum Gasteiger partial charge on any atom is -0.339 e. The molecule has 174 valence electrons. The summed E-state index contributed by atoms with van der Waals surface area (Å²) < 4.78 is 52.0. The molecule has 0 bridgehead atoms. The number of sulfonamides is 2. The summed E-state index contributed by atoms with van der Waals surface area (Å²) in [5.74, 6) is -0.0197. The van der Waals surface area contributed by atoms with Crippen LogP contribution in [0.4, 0.5) is 0 Å². The normalized spacial score (nSPS) is 15.8. The van der Waals surface area contributed by atoms with E-state index in [4.69, 9.17) is 0 Å². The van der Waals surface area contributed by atoms with Crippen LogP contribution in [0.25, 0.3) is 0 Å². The Morgan fingerprint density at radius 3 is 2.22 bits per heavy atom. The molecule has 1 aromatic carbocycles. The van der Waals surface area contributed by atoms with Gasteiger partial charge < -0.3 is 4.90 Å². The Balaban J connectivity index is 1.49. The van der Waals surface area contributed by atoms with Gasteiger partial charge in [-0.3, -0.25) is 4.79 Å². The van der Waals surface area contributed by atoms with E-state index < -0.39 is 20.0 Å². The SMILES string of the molecule is CN(C)S(=O)(=O)c1ccc(SCC(=O)N2CCN(S(=O)(=O)Cc3ccccc3)CC2)nc1. The van der Waals surface area contributed by atoms with Gasteiger partial charge in [0.1, 0.15) is 4.90 Å². The smallest absolute Gasteiger partial charge is 0.244 e. The van der Waals surface area contributed by atoms with Crippen molar-refractivity contribution in [3.63, 3.8) is 0 Å². The van der Waals surface area contributed by atoms with Crippen LogP contribution in [0.1, 0.15) is 5.56 Å². The molecule has 0 unspecified atom stereocenters. The van der Waals surface area contributed by atoms with Gasteiger partial charge >= 0.3 is 0 Å². The number of piperazine rings is 1. The molecular formula is C20H26N4O5S3. The van der Waals surface area contributed by atoms with E-state index in [1.54, 1.807) is 23.1 Å². The molecule has 3 rings (SSSR count). The number of rotatable bonds is 8. The Labute approximate surface area is 193 Å². The Morgan fingerprint density at radius 2 is 1.66 bits per heavy atom. The van der Waals surface area contributed by atoms with Gasteiger partial charge in [-0.1, -0.05) is 42.1 Å². The monoisotopic (exact) mass is 498 g/mol. The average molecular weight is 499 g/mol. The third-order valence-corrected chi connectivity index (χ3v) is 9.59. The Morgan fingerprint density at radius 1 is 1.00 bits per heavy atom. The summed E-state index contributed by atoms with van der Waals surface area (Å²) in [6, 6.07) is 12.1. The molecule has 0 atom stereocenters. The van der Waals surface area contributed by atoms with Gasteiger partial charge in [-0.05, 0) is 17.7 Å². The van der Waals surface area contributed by atoms with Crippen LogP contribution in [0.2, 0.25) is 0 Å². The number of hydrogen-bond donors (Lipinski definition) is 0. The van der Waals surface area contributed by atoms with E-state index in [-0.39, 0.29) is 35.4 Å². The zero-order chi connectivity index (χ0) is 23.4. The van der Waals surface area contributed by atoms with Crippen molar-refractivity contribution in [2.75, 3.05) is 46.0 Å². The van der Waals surface area contributed by atoms with Gasteiger partial charge in [-0.2, -0.15) is 4.31 Å². The largest absolute Gasteiger partial charge is 0.339 e. The van der Waals surface area contributed by atoms with Crippen LogP contribution in [0, 0.1) is 0 Å². The number of thioether (sulfide) groups is 1. The van der Waals surface area contributed by atoms with Crippen molar-refractivity contribution in [1.29, 1.82) is 0 Å². The third kappa shape index (κ3) is 6.07. The van der Waals surface area contributed by atoms with Crippen molar-refractivity contribution in [1.82, 2.24) is 18.5 Å². The molecule has 1 aromatic heterocycles. The van der Waals surface area contributed by atoms with Crippen LogP contribution >= 0.6 is 11.8 Å². The lowest BCUT2D eigenvalue weighted by molar-refractivity contribution is -0.129. The van der Waals surface area contributed by atoms with E-state index in [1.165, 1.54) is 42.4 Å². The lowest BCUT2D eigenvalue weighted by Crippen LogP contribution is -2.51. The second-order valence-electron chi connectivity index (χ2n) is 7.43. The van der Waals surface area contributed by atoms with Crippen molar-refractivity contribution in [3.8, 4) is 0 Å². The Hall–Kier alpha value is -1.99. The number of benzene rings is 1. The van der Waals surface area contributed by atoms with Gasteiger partial charge in [0.2, 0.25) is 26.0 Å². The molecule has 0 N–H and O–H groups in total. The molecule has 1 amide bonds. The highest BCUT2D eigenvalue weighted by Crippen LogP contribution is 2.20. The second kappa shape index (κ2) is 10.3. The van der Waals surface area contributed by atoms with Crippen LogP contribution in [0.3, 0.4) is 0 Å². The standard InChI is InChI=1S/C20H26N4O5S3/c1-22(2)32(28,29)18-8-9-19(21-14-18)30-15-20(25)23-10-12-24(13-11-23)31(26,27)16-17-6-4-3-5-7-17/h3-9,14H,10-13,15-16H2,1-2H3. The molecule has 0 radical (unpaired) electrons. The Kier molecular flexibility index (Phi) is 7.93. The number of aromatic nitrogens is 1. The van der Waals surface area contributed by atoms with Gasteiger partial charge in [0.25, 0.3) is 0 Å². The van der Waals surface area contributed by atoms with Crippen LogP contribution in [0.5, 0.6) is 0 Å². The summed E-state index contributed by atoms with van der Waals surface area (Å²) in [5, 5.41) is 0.542.